The SMILES string of the molecule is CSc1ccc(-n2c(-c3ccc(C)cc3)cc(=O)n(Cc3noc(-c4cc(Cl)cc(Cl)c4)n3)c2=O)cc1. The van der Waals surface area contributed by atoms with Crippen molar-refractivity contribution < 1.29 is 4.52 Å². The zero-order chi connectivity index (χ0) is 26.1. The van der Waals surface area contributed by atoms with Crippen LogP contribution in [0.3, 0.4) is 0 Å². The van der Waals surface area contributed by atoms with Crippen molar-refractivity contribution in [2.75, 3.05) is 6.26 Å². The summed E-state index contributed by atoms with van der Waals surface area (Å²) in [5.41, 5.74) is 2.49. The topological polar surface area (TPSA) is 82.9 Å². The van der Waals surface area contributed by atoms with Gasteiger partial charge < -0.3 is 4.52 Å². The number of aryl methyl sites for hydroxylation is 1. The summed E-state index contributed by atoms with van der Waals surface area (Å²) in [4.78, 5) is 32.4. The van der Waals surface area contributed by atoms with Crippen molar-refractivity contribution in [1.82, 2.24) is 19.3 Å². The van der Waals surface area contributed by atoms with E-state index in [0.717, 1.165) is 20.6 Å². The van der Waals surface area contributed by atoms with Crippen molar-refractivity contribution in [2.45, 2.75) is 18.4 Å². The van der Waals surface area contributed by atoms with Gasteiger partial charge in [0.05, 0.1) is 17.9 Å². The Morgan fingerprint density at radius 1 is 0.892 bits per heavy atom. The number of hydrogen-bond donors (Lipinski definition) is 0. The van der Waals surface area contributed by atoms with Gasteiger partial charge in [-0.1, -0.05) is 58.2 Å². The highest BCUT2D eigenvalue weighted by atomic mass is 35.5. The van der Waals surface area contributed by atoms with E-state index in [4.69, 9.17) is 27.7 Å². The Bertz CT molecular complexity index is 1690. The molecule has 0 amide bonds. The van der Waals surface area contributed by atoms with Crippen molar-refractivity contribution in [3.63, 3.8) is 0 Å². The molecule has 0 aliphatic heterocycles. The van der Waals surface area contributed by atoms with Gasteiger partial charge in [-0.25, -0.2) is 4.79 Å². The van der Waals surface area contributed by atoms with Gasteiger partial charge in [0, 0.05) is 26.6 Å². The van der Waals surface area contributed by atoms with E-state index in [1.807, 2.05) is 61.7 Å². The average Bonchev–Trinajstić information content (AvgIpc) is 3.35. The van der Waals surface area contributed by atoms with E-state index in [9.17, 15) is 9.59 Å². The number of thioether (sulfide) groups is 1. The Labute approximate surface area is 226 Å². The maximum absolute atomic E-state index is 13.8. The van der Waals surface area contributed by atoms with Gasteiger partial charge in [-0.15, -0.1) is 11.8 Å². The van der Waals surface area contributed by atoms with Crippen LogP contribution in [0.25, 0.3) is 28.4 Å². The second kappa shape index (κ2) is 10.4. The molecule has 0 spiro atoms. The Morgan fingerprint density at radius 2 is 1.57 bits per heavy atom. The van der Waals surface area contributed by atoms with Crippen LogP contribution in [-0.2, 0) is 6.54 Å². The molecular formula is C27H20Cl2N4O3S. The largest absolute Gasteiger partial charge is 0.336 e. The molecule has 5 rings (SSSR count). The minimum absolute atomic E-state index is 0.165. The third kappa shape index (κ3) is 5.27. The molecule has 186 valence electrons. The molecule has 0 atom stereocenters. The fraction of sp³-hybridized carbons (Fsp3) is 0.111. The Balaban J connectivity index is 1.61. The highest BCUT2D eigenvalue weighted by Gasteiger charge is 2.18. The third-order valence-electron chi connectivity index (χ3n) is 5.74. The van der Waals surface area contributed by atoms with Crippen LogP contribution in [-0.4, -0.2) is 25.5 Å². The monoisotopic (exact) mass is 550 g/mol. The van der Waals surface area contributed by atoms with Crippen molar-refractivity contribution in [3.05, 3.63) is 115 Å². The van der Waals surface area contributed by atoms with Crippen LogP contribution in [0, 0.1) is 6.92 Å². The molecule has 3 aromatic carbocycles. The van der Waals surface area contributed by atoms with E-state index in [1.165, 1.54) is 10.6 Å². The molecule has 0 aliphatic rings. The molecule has 0 radical (unpaired) electrons. The van der Waals surface area contributed by atoms with Gasteiger partial charge in [0.25, 0.3) is 11.4 Å². The van der Waals surface area contributed by atoms with E-state index in [-0.39, 0.29) is 18.3 Å². The van der Waals surface area contributed by atoms with Crippen molar-refractivity contribution in [3.8, 4) is 28.4 Å². The van der Waals surface area contributed by atoms with E-state index in [0.29, 0.717) is 27.0 Å². The molecule has 5 aromatic rings. The van der Waals surface area contributed by atoms with Gasteiger partial charge in [-0.2, -0.15) is 4.98 Å². The summed E-state index contributed by atoms with van der Waals surface area (Å²) in [6.07, 6.45) is 1.98. The first-order chi connectivity index (χ1) is 17.8. The molecule has 0 unspecified atom stereocenters. The van der Waals surface area contributed by atoms with Crippen LogP contribution in [0.15, 0.2) is 91.8 Å². The van der Waals surface area contributed by atoms with E-state index in [1.54, 1.807) is 30.0 Å². The minimum Gasteiger partial charge on any atom is -0.334 e. The summed E-state index contributed by atoms with van der Waals surface area (Å²) < 4.78 is 7.96. The van der Waals surface area contributed by atoms with E-state index in [2.05, 4.69) is 10.1 Å². The Morgan fingerprint density at radius 3 is 2.22 bits per heavy atom. The average molecular weight is 551 g/mol. The molecule has 0 saturated heterocycles. The minimum atomic E-state index is -0.517. The molecule has 0 N–H and O–H groups in total. The standard InChI is InChI=1S/C27H20Cl2N4O3S/c1-16-3-5-17(6-4-16)23-14-25(34)32(27(35)33(23)21-7-9-22(37-2)10-8-21)15-24-30-26(36-31-24)18-11-19(28)13-20(29)12-18/h3-14H,15H2,1-2H3. The quantitative estimate of drug-likeness (QED) is 0.237. The molecule has 2 aromatic heterocycles. The molecule has 37 heavy (non-hydrogen) atoms. The first-order valence-corrected chi connectivity index (χ1v) is 13.2. The maximum Gasteiger partial charge on any atom is 0.336 e. The lowest BCUT2D eigenvalue weighted by Gasteiger charge is -2.16. The molecule has 0 bridgehead atoms. The number of halogens is 2. The normalized spacial score (nSPS) is 11.1. The lowest BCUT2D eigenvalue weighted by atomic mass is 10.1. The van der Waals surface area contributed by atoms with Crippen LogP contribution >= 0.6 is 35.0 Å². The van der Waals surface area contributed by atoms with Crippen LogP contribution in [0.4, 0.5) is 0 Å². The zero-order valence-corrected chi connectivity index (χ0v) is 22.1. The molecule has 0 fully saturated rings. The zero-order valence-electron chi connectivity index (χ0n) is 19.8. The van der Waals surface area contributed by atoms with Gasteiger partial charge in [0.2, 0.25) is 0 Å². The predicted octanol–water partition coefficient (Wildman–Crippen LogP) is 6.10. The summed E-state index contributed by atoms with van der Waals surface area (Å²) >= 11 is 13.8. The smallest absolute Gasteiger partial charge is 0.334 e. The summed E-state index contributed by atoms with van der Waals surface area (Å²) in [5, 5.41) is 4.80. The van der Waals surface area contributed by atoms with E-state index < -0.39 is 11.2 Å². The molecular weight excluding hydrogens is 531 g/mol. The second-order valence-corrected chi connectivity index (χ2v) is 10.1. The highest BCUT2D eigenvalue weighted by molar-refractivity contribution is 7.98. The number of rotatable bonds is 6. The predicted molar refractivity (Wildman–Crippen MR) is 147 cm³/mol. The summed E-state index contributed by atoms with van der Waals surface area (Å²) in [6, 6.07) is 21.6. The number of hydrogen-bond acceptors (Lipinski definition) is 6. The maximum atomic E-state index is 13.8. The molecule has 0 saturated carbocycles. The molecule has 10 heteroatoms. The lowest BCUT2D eigenvalue weighted by Crippen LogP contribution is -2.40. The van der Waals surface area contributed by atoms with Crippen LogP contribution < -0.4 is 11.2 Å². The Kier molecular flexibility index (Phi) is 7.06. The van der Waals surface area contributed by atoms with E-state index >= 15 is 0 Å². The number of benzene rings is 3. The Hall–Kier alpha value is -3.59. The summed E-state index contributed by atoms with van der Waals surface area (Å²) in [7, 11) is 0. The van der Waals surface area contributed by atoms with Crippen LogP contribution in [0.2, 0.25) is 10.0 Å². The summed E-state index contributed by atoms with van der Waals surface area (Å²) in [6.45, 7) is 1.80. The third-order valence-corrected chi connectivity index (χ3v) is 6.92. The van der Waals surface area contributed by atoms with Gasteiger partial charge in [-0.3, -0.25) is 13.9 Å². The van der Waals surface area contributed by atoms with Crippen LogP contribution in [0.1, 0.15) is 11.4 Å². The first-order valence-electron chi connectivity index (χ1n) is 11.2. The van der Waals surface area contributed by atoms with Gasteiger partial charge in [0.1, 0.15) is 0 Å². The fourth-order valence-electron chi connectivity index (χ4n) is 3.89. The van der Waals surface area contributed by atoms with Crippen LogP contribution in [0.5, 0.6) is 0 Å². The second-order valence-electron chi connectivity index (χ2n) is 8.31. The molecule has 2 heterocycles. The molecule has 0 aliphatic carbocycles. The van der Waals surface area contributed by atoms with Gasteiger partial charge in [-0.05, 0) is 61.2 Å². The lowest BCUT2D eigenvalue weighted by molar-refractivity contribution is 0.419. The molecule has 7 nitrogen and oxygen atoms in total. The van der Waals surface area contributed by atoms with Gasteiger partial charge >= 0.3 is 5.69 Å². The van der Waals surface area contributed by atoms with Crippen molar-refractivity contribution in [2.24, 2.45) is 0 Å². The number of aromatic nitrogens is 4. The summed E-state index contributed by atoms with van der Waals surface area (Å²) in [5.74, 6) is 0.342. The van der Waals surface area contributed by atoms with Gasteiger partial charge in [0.15, 0.2) is 5.82 Å². The number of nitrogens with zero attached hydrogens (tertiary/aromatic N) is 4. The van der Waals surface area contributed by atoms with Crippen molar-refractivity contribution >= 4 is 35.0 Å². The first kappa shape index (κ1) is 25.1. The van der Waals surface area contributed by atoms with Crippen molar-refractivity contribution in [1.29, 1.82) is 0 Å². The fourth-order valence-corrected chi connectivity index (χ4v) is 4.83. The highest BCUT2D eigenvalue weighted by Crippen LogP contribution is 2.26.